The molecule has 0 saturated heterocycles. The fourth-order valence-corrected chi connectivity index (χ4v) is 2.19. The lowest BCUT2D eigenvalue weighted by molar-refractivity contribution is -0.145. The molecule has 1 atom stereocenters. The molecular weight excluding hydrogens is 269 g/mol. The maximum Gasteiger partial charge on any atom is 0.488 e. The minimum Gasteiger partial charge on any atom is -0.469 e. The molecule has 0 amide bonds. The monoisotopic (exact) mass is 293 g/mol. The summed E-state index contributed by atoms with van der Waals surface area (Å²) in [7, 11) is -0.0307. The highest BCUT2D eigenvalue weighted by Crippen LogP contribution is 2.08. The van der Waals surface area contributed by atoms with Crippen molar-refractivity contribution in [2.45, 2.75) is 32.7 Å². The van der Waals surface area contributed by atoms with Crippen molar-refractivity contribution in [1.82, 2.24) is 5.32 Å². The highest BCUT2D eigenvalue weighted by molar-refractivity contribution is 6.59. The van der Waals surface area contributed by atoms with Crippen molar-refractivity contribution in [2.24, 2.45) is 5.92 Å². The van der Waals surface area contributed by atoms with Gasteiger partial charge in [-0.2, -0.15) is 0 Å². The van der Waals surface area contributed by atoms with Crippen molar-refractivity contribution in [1.29, 1.82) is 0 Å². The molecule has 0 aliphatic rings. The van der Waals surface area contributed by atoms with E-state index in [9.17, 15) is 14.8 Å². The number of unbranched alkanes of at least 4 members (excludes halogenated alkanes) is 1. The molecule has 0 fully saturated rings. The molecule has 21 heavy (non-hydrogen) atoms. The van der Waals surface area contributed by atoms with Crippen LogP contribution in [0.2, 0.25) is 0 Å². The number of nitrogens with one attached hydrogen (secondary N) is 1. The van der Waals surface area contributed by atoms with Crippen LogP contribution < -0.4 is 10.8 Å². The van der Waals surface area contributed by atoms with Crippen LogP contribution in [0.4, 0.5) is 0 Å². The van der Waals surface area contributed by atoms with Crippen LogP contribution in [-0.4, -0.2) is 36.8 Å². The number of benzene rings is 1. The fraction of sp³-hybridized carbons (Fsp3) is 0.533. The van der Waals surface area contributed by atoms with Gasteiger partial charge < -0.3 is 20.1 Å². The zero-order chi connectivity index (χ0) is 15.7. The topological polar surface area (TPSA) is 78.8 Å². The van der Waals surface area contributed by atoms with E-state index in [4.69, 9.17) is 0 Å². The average Bonchev–Trinajstić information content (AvgIpc) is 2.49. The van der Waals surface area contributed by atoms with Gasteiger partial charge in [-0.05, 0) is 30.4 Å². The summed E-state index contributed by atoms with van der Waals surface area (Å²) in [6.07, 6.45) is 2.74. The predicted octanol–water partition coefficient (Wildman–Crippen LogP) is 0.435. The van der Waals surface area contributed by atoms with Crippen LogP contribution >= 0.6 is 0 Å². The van der Waals surface area contributed by atoms with Crippen LogP contribution in [0.1, 0.15) is 31.7 Å². The van der Waals surface area contributed by atoms with Crippen LogP contribution in [0.15, 0.2) is 24.3 Å². The Kier molecular flexibility index (Phi) is 8.04. The van der Waals surface area contributed by atoms with Crippen LogP contribution in [0.5, 0.6) is 0 Å². The molecule has 1 aromatic rings. The minimum atomic E-state index is -1.44. The lowest BCUT2D eigenvalue weighted by Crippen LogP contribution is -2.34. The number of hydrogen-bond donors (Lipinski definition) is 3. The van der Waals surface area contributed by atoms with E-state index in [1.54, 1.807) is 12.1 Å². The summed E-state index contributed by atoms with van der Waals surface area (Å²) in [5.41, 5.74) is 1.42. The third kappa shape index (κ3) is 6.29. The number of esters is 1. The quantitative estimate of drug-likeness (QED) is 0.350. The summed E-state index contributed by atoms with van der Waals surface area (Å²) in [5.74, 6) is -0.214. The van der Waals surface area contributed by atoms with E-state index in [0.717, 1.165) is 31.4 Å². The number of carbonyl (C=O) groups excluding carboxylic acids is 1. The van der Waals surface area contributed by atoms with Crippen molar-refractivity contribution in [3.63, 3.8) is 0 Å². The van der Waals surface area contributed by atoms with Gasteiger partial charge in [-0.15, -0.1) is 0 Å². The molecular formula is C15H24BNO4. The van der Waals surface area contributed by atoms with Gasteiger partial charge in [0.05, 0.1) is 13.0 Å². The lowest BCUT2D eigenvalue weighted by Gasteiger charge is -2.11. The largest absolute Gasteiger partial charge is 0.488 e. The van der Waals surface area contributed by atoms with E-state index in [2.05, 4.69) is 10.1 Å². The van der Waals surface area contributed by atoms with Crippen LogP contribution in [-0.2, 0) is 16.1 Å². The van der Waals surface area contributed by atoms with Gasteiger partial charge in [0.1, 0.15) is 0 Å². The van der Waals surface area contributed by atoms with Crippen molar-refractivity contribution < 1.29 is 19.6 Å². The first kappa shape index (κ1) is 17.7. The Hall–Kier alpha value is -1.37. The number of methoxy groups -OCH3 is 1. The Morgan fingerprint density at radius 3 is 2.71 bits per heavy atom. The first-order valence-corrected chi connectivity index (χ1v) is 7.28. The molecule has 116 valence electrons. The summed E-state index contributed by atoms with van der Waals surface area (Å²) in [6, 6.07) is 7.24. The van der Waals surface area contributed by atoms with E-state index in [1.165, 1.54) is 7.11 Å². The van der Waals surface area contributed by atoms with Gasteiger partial charge >= 0.3 is 13.1 Å². The predicted molar refractivity (Wildman–Crippen MR) is 83.0 cm³/mol. The van der Waals surface area contributed by atoms with E-state index < -0.39 is 7.12 Å². The Balaban J connectivity index is 2.22. The zero-order valence-electron chi connectivity index (χ0n) is 12.7. The molecule has 1 rings (SSSR count). The van der Waals surface area contributed by atoms with Gasteiger partial charge in [0.2, 0.25) is 0 Å². The first-order valence-electron chi connectivity index (χ1n) is 7.28. The third-order valence-electron chi connectivity index (χ3n) is 3.49. The number of ether oxygens (including phenoxy) is 1. The highest BCUT2D eigenvalue weighted by atomic mass is 16.5. The van der Waals surface area contributed by atoms with Gasteiger partial charge in [0, 0.05) is 6.54 Å². The summed E-state index contributed by atoms with van der Waals surface area (Å²) < 4.78 is 4.68. The molecule has 3 N–H and O–H groups in total. The molecule has 0 aliphatic carbocycles. The molecule has 0 spiro atoms. The van der Waals surface area contributed by atoms with Gasteiger partial charge in [-0.25, -0.2) is 0 Å². The van der Waals surface area contributed by atoms with Crippen molar-refractivity contribution in [2.75, 3.05) is 13.7 Å². The van der Waals surface area contributed by atoms with Crippen molar-refractivity contribution >= 4 is 18.6 Å². The molecule has 0 aromatic heterocycles. The Morgan fingerprint density at radius 1 is 1.33 bits per heavy atom. The molecule has 1 unspecified atom stereocenters. The second-order valence-electron chi connectivity index (χ2n) is 5.17. The fourth-order valence-electron chi connectivity index (χ4n) is 2.19. The Bertz CT molecular complexity index is 439. The molecule has 1 aromatic carbocycles. The van der Waals surface area contributed by atoms with E-state index in [-0.39, 0.29) is 11.9 Å². The normalized spacial score (nSPS) is 12.0. The minimum absolute atomic E-state index is 0.0553. The van der Waals surface area contributed by atoms with Crippen LogP contribution in [0, 0.1) is 5.92 Å². The Morgan fingerprint density at radius 2 is 2.05 bits per heavy atom. The van der Waals surface area contributed by atoms with Crippen LogP contribution in [0.25, 0.3) is 0 Å². The van der Waals surface area contributed by atoms with Crippen molar-refractivity contribution in [3.8, 4) is 0 Å². The van der Waals surface area contributed by atoms with Gasteiger partial charge in [-0.3, -0.25) is 4.79 Å². The summed E-state index contributed by atoms with van der Waals surface area (Å²) in [6.45, 7) is 3.29. The molecule has 5 nitrogen and oxygen atoms in total. The van der Waals surface area contributed by atoms with Crippen molar-refractivity contribution in [3.05, 3.63) is 29.8 Å². The zero-order valence-corrected chi connectivity index (χ0v) is 12.7. The van der Waals surface area contributed by atoms with Crippen LogP contribution in [0.3, 0.4) is 0 Å². The Labute approximate surface area is 126 Å². The molecule has 0 radical (unpaired) electrons. The van der Waals surface area contributed by atoms with E-state index in [1.807, 2.05) is 19.1 Å². The molecule has 0 heterocycles. The smallest absolute Gasteiger partial charge is 0.469 e. The van der Waals surface area contributed by atoms with Gasteiger partial charge in [0.15, 0.2) is 0 Å². The number of hydrogen-bond acceptors (Lipinski definition) is 5. The number of carbonyl (C=O) groups is 1. The highest BCUT2D eigenvalue weighted by Gasteiger charge is 2.14. The first-order chi connectivity index (χ1) is 10.1. The molecule has 0 aliphatic heterocycles. The maximum atomic E-state index is 11.2. The van der Waals surface area contributed by atoms with E-state index >= 15 is 0 Å². The average molecular weight is 293 g/mol. The molecule has 6 heteroatoms. The second kappa shape index (κ2) is 9.55. The maximum absolute atomic E-state index is 11.2. The van der Waals surface area contributed by atoms with E-state index in [0.29, 0.717) is 12.0 Å². The molecule has 0 saturated carbocycles. The summed E-state index contributed by atoms with van der Waals surface area (Å²) in [5, 5.41) is 21.8. The molecule has 0 bridgehead atoms. The lowest BCUT2D eigenvalue weighted by atomic mass is 9.77. The number of rotatable bonds is 9. The SMILES string of the molecule is COC(=O)C(C)CCCCNCc1ccccc1B(O)O. The third-order valence-corrected chi connectivity index (χ3v) is 3.49. The summed E-state index contributed by atoms with van der Waals surface area (Å²) in [4.78, 5) is 11.2. The second-order valence-corrected chi connectivity index (χ2v) is 5.17. The standard InChI is InChI=1S/C15H24BNO4/c1-12(15(18)21-2)7-5-6-10-17-11-13-8-3-4-9-14(13)16(19)20/h3-4,8-9,12,17,19-20H,5-7,10-11H2,1-2H3. The van der Waals surface area contributed by atoms with Gasteiger partial charge in [-0.1, -0.05) is 37.6 Å². The van der Waals surface area contributed by atoms with Gasteiger partial charge in [0.25, 0.3) is 0 Å². The summed E-state index contributed by atoms with van der Waals surface area (Å²) >= 11 is 0.